The van der Waals surface area contributed by atoms with Crippen molar-refractivity contribution in [2.45, 2.75) is 13.0 Å². The second-order valence-corrected chi connectivity index (χ2v) is 7.18. The van der Waals surface area contributed by atoms with Crippen molar-refractivity contribution in [2.24, 2.45) is 0 Å². The summed E-state index contributed by atoms with van der Waals surface area (Å²) in [7, 11) is 0. The third-order valence-corrected chi connectivity index (χ3v) is 5.09. The molecule has 1 saturated heterocycles. The van der Waals surface area contributed by atoms with Gasteiger partial charge in [0.1, 0.15) is 5.82 Å². The second kappa shape index (κ2) is 8.78. The fourth-order valence-electron chi connectivity index (χ4n) is 3.52. The van der Waals surface area contributed by atoms with Crippen molar-refractivity contribution in [1.29, 1.82) is 0 Å². The van der Waals surface area contributed by atoms with E-state index in [9.17, 15) is 14.0 Å². The Morgan fingerprint density at radius 1 is 0.900 bits per heavy atom. The molecule has 0 bridgehead atoms. The molecule has 152 valence electrons. The molecule has 1 fully saturated rings. The van der Waals surface area contributed by atoms with Gasteiger partial charge in [0, 0.05) is 30.9 Å². The molecule has 4 rings (SSSR count). The van der Waals surface area contributed by atoms with Crippen LogP contribution in [0.5, 0.6) is 0 Å². The van der Waals surface area contributed by atoms with Crippen LogP contribution >= 0.6 is 0 Å². The van der Waals surface area contributed by atoms with E-state index in [-0.39, 0.29) is 11.7 Å². The van der Waals surface area contributed by atoms with Gasteiger partial charge in [-0.15, -0.1) is 0 Å². The Labute approximate surface area is 174 Å². The first-order valence-corrected chi connectivity index (χ1v) is 9.88. The smallest absolute Gasteiger partial charge is 0.320 e. The van der Waals surface area contributed by atoms with Crippen LogP contribution in [-0.4, -0.2) is 29.9 Å². The van der Waals surface area contributed by atoms with Crippen molar-refractivity contribution in [3.8, 4) is 0 Å². The van der Waals surface area contributed by atoms with Crippen LogP contribution in [0.4, 0.5) is 20.6 Å². The van der Waals surface area contributed by atoms with E-state index in [1.807, 2.05) is 35.2 Å². The molecular formula is C24H22FN3O2. The van der Waals surface area contributed by atoms with E-state index in [1.54, 1.807) is 41.3 Å². The highest BCUT2D eigenvalue weighted by atomic mass is 19.1. The van der Waals surface area contributed by atoms with Gasteiger partial charge in [0.15, 0.2) is 0 Å². The molecule has 0 radical (unpaired) electrons. The number of rotatable bonds is 5. The standard InChI is InChI=1S/C24H22FN3O2/c25-21-9-4-5-10-22(21)26-23(29)19-11-13-20(14-12-19)28-16-6-15-27(24(28)30)17-18-7-2-1-3-8-18/h1-5,7-14H,6,15-17H2,(H,26,29). The van der Waals surface area contributed by atoms with E-state index in [4.69, 9.17) is 0 Å². The van der Waals surface area contributed by atoms with E-state index in [1.165, 1.54) is 12.1 Å². The number of anilines is 2. The number of hydrogen-bond donors (Lipinski definition) is 1. The van der Waals surface area contributed by atoms with Gasteiger partial charge in [-0.25, -0.2) is 9.18 Å². The molecule has 0 spiro atoms. The van der Waals surface area contributed by atoms with Gasteiger partial charge in [0.25, 0.3) is 5.91 Å². The van der Waals surface area contributed by atoms with Crippen LogP contribution in [0.15, 0.2) is 78.9 Å². The predicted molar refractivity (Wildman–Crippen MR) is 115 cm³/mol. The van der Waals surface area contributed by atoms with Crippen LogP contribution in [-0.2, 0) is 6.54 Å². The Bertz CT molecular complexity index is 1040. The summed E-state index contributed by atoms with van der Waals surface area (Å²) in [4.78, 5) is 28.9. The molecule has 1 heterocycles. The number of carbonyl (C=O) groups is 2. The van der Waals surface area contributed by atoms with Crippen LogP contribution in [0.2, 0.25) is 0 Å². The van der Waals surface area contributed by atoms with E-state index in [2.05, 4.69) is 5.32 Å². The highest BCUT2D eigenvalue weighted by Crippen LogP contribution is 2.23. The zero-order chi connectivity index (χ0) is 20.9. The molecule has 0 saturated carbocycles. The predicted octanol–water partition coefficient (Wildman–Crippen LogP) is 4.91. The lowest BCUT2D eigenvalue weighted by molar-refractivity contribution is 0.102. The molecule has 0 atom stereocenters. The molecule has 0 aliphatic carbocycles. The molecule has 0 unspecified atom stereocenters. The van der Waals surface area contributed by atoms with E-state index < -0.39 is 11.7 Å². The first-order chi connectivity index (χ1) is 14.6. The summed E-state index contributed by atoms with van der Waals surface area (Å²) in [5.74, 6) is -0.887. The molecule has 1 N–H and O–H groups in total. The summed E-state index contributed by atoms with van der Waals surface area (Å²) in [5.41, 5.74) is 2.36. The van der Waals surface area contributed by atoms with Crippen molar-refractivity contribution in [1.82, 2.24) is 4.90 Å². The number of amides is 3. The molecule has 3 aromatic carbocycles. The number of nitrogens with one attached hydrogen (secondary N) is 1. The Balaban J connectivity index is 1.44. The van der Waals surface area contributed by atoms with Gasteiger partial charge in [-0.05, 0) is 48.4 Å². The lowest BCUT2D eigenvalue weighted by Crippen LogP contribution is -2.49. The largest absolute Gasteiger partial charge is 0.324 e. The van der Waals surface area contributed by atoms with Crippen molar-refractivity contribution in [2.75, 3.05) is 23.3 Å². The summed E-state index contributed by atoms with van der Waals surface area (Å²) in [6, 6.07) is 22.7. The molecule has 3 aromatic rings. The molecular weight excluding hydrogens is 381 g/mol. The minimum atomic E-state index is -0.486. The Morgan fingerprint density at radius 3 is 2.33 bits per heavy atom. The molecule has 3 amide bonds. The number of halogens is 1. The van der Waals surface area contributed by atoms with Gasteiger partial charge in [-0.1, -0.05) is 42.5 Å². The van der Waals surface area contributed by atoms with Crippen LogP contribution in [0.25, 0.3) is 0 Å². The van der Waals surface area contributed by atoms with Crippen molar-refractivity contribution < 1.29 is 14.0 Å². The van der Waals surface area contributed by atoms with Gasteiger partial charge < -0.3 is 10.2 Å². The number of benzene rings is 3. The highest BCUT2D eigenvalue weighted by Gasteiger charge is 2.26. The van der Waals surface area contributed by atoms with Crippen LogP contribution in [0.1, 0.15) is 22.3 Å². The molecule has 0 aromatic heterocycles. The summed E-state index contributed by atoms with van der Waals surface area (Å²) >= 11 is 0. The minimum absolute atomic E-state index is 0.0475. The Morgan fingerprint density at radius 2 is 1.60 bits per heavy atom. The third-order valence-electron chi connectivity index (χ3n) is 5.09. The van der Waals surface area contributed by atoms with Gasteiger partial charge in [-0.3, -0.25) is 9.69 Å². The average molecular weight is 403 g/mol. The molecule has 30 heavy (non-hydrogen) atoms. The van der Waals surface area contributed by atoms with Crippen LogP contribution in [0, 0.1) is 5.82 Å². The van der Waals surface area contributed by atoms with Gasteiger partial charge in [-0.2, -0.15) is 0 Å². The van der Waals surface area contributed by atoms with Crippen molar-refractivity contribution >= 4 is 23.3 Å². The topological polar surface area (TPSA) is 52.7 Å². The second-order valence-electron chi connectivity index (χ2n) is 7.18. The van der Waals surface area contributed by atoms with E-state index in [0.29, 0.717) is 25.2 Å². The maximum atomic E-state index is 13.7. The first kappa shape index (κ1) is 19.6. The lowest BCUT2D eigenvalue weighted by atomic mass is 10.1. The first-order valence-electron chi connectivity index (χ1n) is 9.88. The fourth-order valence-corrected chi connectivity index (χ4v) is 3.52. The van der Waals surface area contributed by atoms with Crippen LogP contribution in [0.3, 0.4) is 0 Å². The average Bonchev–Trinajstić information content (AvgIpc) is 2.78. The molecule has 6 heteroatoms. The van der Waals surface area contributed by atoms with Crippen molar-refractivity contribution in [3.63, 3.8) is 0 Å². The molecule has 5 nitrogen and oxygen atoms in total. The highest BCUT2D eigenvalue weighted by molar-refractivity contribution is 6.04. The third kappa shape index (κ3) is 4.33. The van der Waals surface area contributed by atoms with Gasteiger partial charge in [0.2, 0.25) is 0 Å². The van der Waals surface area contributed by atoms with E-state index in [0.717, 1.165) is 17.7 Å². The Hall–Kier alpha value is -3.67. The fraction of sp³-hybridized carbons (Fsp3) is 0.167. The number of carbonyl (C=O) groups excluding carboxylic acids is 2. The maximum absolute atomic E-state index is 13.7. The number of para-hydroxylation sites is 1. The summed E-state index contributed by atoms with van der Waals surface area (Å²) in [6.45, 7) is 1.91. The summed E-state index contributed by atoms with van der Waals surface area (Å²) in [5, 5.41) is 2.57. The molecule has 1 aliphatic rings. The lowest BCUT2D eigenvalue weighted by Gasteiger charge is -2.35. The minimum Gasteiger partial charge on any atom is -0.320 e. The monoisotopic (exact) mass is 403 g/mol. The van der Waals surface area contributed by atoms with Crippen molar-refractivity contribution in [3.05, 3.63) is 95.8 Å². The SMILES string of the molecule is O=C(Nc1ccccc1F)c1ccc(N2CCCN(Cc3ccccc3)C2=O)cc1. The molecule has 1 aliphatic heterocycles. The van der Waals surface area contributed by atoms with Crippen LogP contribution < -0.4 is 10.2 Å². The summed E-state index contributed by atoms with van der Waals surface area (Å²) in [6.07, 6.45) is 0.869. The number of nitrogens with zero attached hydrogens (tertiary/aromatic N) is 2. The zero-order valence-electron chi connectivity index (χ0n) is 16.4. The zero-order valence-corrected chi connectivity index (χ0v) is 16.4. The number of urea groups is 1. The van der Waals surface area contributed by atoms with E-state index >= 15 is 0 Å². The van der Waals surface area contributed by atoms with Gasteiger partial charge >= 0.3 is 6.03 Å². The quantitative estimate of drug-likeness (QED) is 0.658. The normalized spacial score (nSPS) is 14.0. The summed E-state index contributed by atoms with van der Waals surface area (Å²) < 4.78 is 13.7. The maximum Gasteiger partial charge on any atom is 0.324 e. The Kier molecular flexibility index (Phi) is 5.75. The number of hydrogen-bond acceptors (Lipinski definition) is 2. The van der Waals surface area contributed by atoms with Gasteiger partial charge in [0.05, 0.1) is 5.69 Å².